The van der Waals surface area contributed by atoms with Crippen molar-refractivity contribution >= 4 is 41.9 Å². The highest BCUT2D eigenvalue weighted by molar-refractivity contribution is 9.11. The van der Waals surface area contributed by atoms with Gasteiger partial charge in [-0.3, -0.25) is 0 Å². The first-order valence-electron chi connectivity index (χ1n) is 5.38. The molecule has 0 spiro atoms. The van der Waals surface area contributed by atoms with E-state index in [1.807, 2.05) is 6.92 Å². The van der Waals surface area contributed by atoms with Crippen molar-refractivity contribution < 1.29 is 13.2 Å². The van der Waals surface area contributed by atoms with Crippen LogP contribution in [0.3, 0.4) is 0 Å². The van der Waals surface area contributed by atoms with Crippen molar-refractivity contribution in [1.29, 1.82) is 0 Å². The zero-order valence-corrected chi connectivity index (χ0v) is 14.2. The standard InChI is InChI=1S/C11H15Br2NO3S/c1-3-17-7-6-14(2)18(15,16)11-5-4-9(12)8-10(11)13/h4-5,8H,3,6-7H2,1-2H3. The first-order valence-corrected chi connectivity index (χ1v) is 8.41. The van der Waals surface area contributed by atoms with Gasteiger partial charge in [0.05, 0.1) is 11.5 Å². The third kappa shape index (κ3) is 4.03. The molecule has 0 amide bonds. The number of benzene rings is 1. The Bertz CT molecular complexity index is 505. The fraction of sp³-hybridized carbons (Fsp3) is 0.455. The van der Waals surface area contributed by atoms with Crippen molar-refractivity contribution in [1.82, 2.24) is 4.31 Å². The lowest BCUT2D eigenvalue weighted by molar-refractivity contribution is 0.138. The van der Waals surface area contributed by atoms with Gasteiger partial charge < -0.3 is 4.74 Å². The molecule has 0 saturated carbocycles. The largest absolute Gasteiger partial charge is 0.380 e. The average molecular weight is 401 g/mol. The summed E-state index contributed by atoms with van der Waals surface area (Å²) in [7, 11) is -1.94. The Morgan fingerprint density at radius 1 is 1.33 bits per heavy atom. The Labute approximate surface area is 125 Å². The van der Waals surface area contributed by atoms with Gasteiger partial charge in [0.1, 0.15) is 0 Å². The van der Waals surface area contributed by atoms with Crippen molar-refractivity contribution in [3.63, 3.8) is 0 Å². The van der Waals surface area contributed by atoms with Gasteiger partial charge in [0, 0.05) is 29.1 Å². The van der Waals surface area contributed by atoms with Crippen LogP contribution in [0.5, 0.6) is 0 Å². The van der Waals surface area contributed by atoms with Gasteiger partial charge in [-0.05, 0) is 41.1 Å². The summed E-state index contributed by atoms with van der Waals surface area (Å²) < 4.78 is 32.4. The molecule has 0 radical (unpaired) electrons. The van der Waals surface area contributed by atoms with E-state index in [1.165, 1.54) is 4.31 Å². The molecule has 0 unspecified atom stereocenters. The molecule has 0 N–H and O–H groups in total. The van der Waals surface area contributed by atoms with Gasteiger partial charge in [0.2, 0.25) is 10.0 Å². The molecule has 7 heteroatoms. The van der Waals surface area contributed by atoms with Crippen molar-refractivity contribution in [3.8, 4) is 0 Å². The summed E-state index contributed by atoms with van der Waals surface area (Å²) in [4.78, 5) is 0.254. The fourth-order valence-electron chi connectivity index (χ4n) is 1.31. The Balaban J connectivity index is 2.91. The van der Waals surface area contributed by atoms with Crippen molar-refractivity contribution in [2.45, 2.75) is 11.8 Å². The van der Waals surface area contributed by atoms with Crippen LogP contribution in [0.2, 0.25) is 0 Å². The maximum Gasteiger partial charge on any atom is 0.244 e. The third-order valence-electron chi connectivity index (χ3n) is 2.34. The Kier molecular flexibility index (Phi) is 6.26. The molecule has 0 bridgehead atoms. The second kappa shape index (κ2) is 7.00. The molecular weight excluding hydrogens is 386 g/mol. The summed E-state index contributed by atoms with van der Waals surface area (Å²) in [5, 5.41) is 0. The summed E-state index contributed by atoms with van der Waals surface area (Å²) in [5.74, 6) is 0. The molecule has 1 rings (SSSR count). The molecule has 0 aliphatic carbocycles. The van der Waals surface area contributed by atoms with Crippen LogP contribution in [0, 0.1) is 0 Å². The van der Waals surface area contributed by atoms with E-state index in [0.717, 1.165) is 4.47 Å². The second-order valence-electron chi connectivity index (χ2n) is 3.60. The smallest absolute Gasteiger partial charge is 0.244 e. The van der Waals surface area contributed by atoms with Crippen LogP contribution in [0.25, 0.3) is 0 Å². The molecule has 4 nitrogen and oxygen atoms in total. The minimum atomic E-state index is -3.48. The maximum atomic E-state index is 12.3. The molecule has 18 heavy (non-hydrogen) atoms. The van der Waals surface area contributed by atoms with Gasteiger partial charge in [0.25, 0.3) is 0 Å². The molecule has 0 saturated heterocycles. The van der Waals surface area contributed by atoms with E-state index in [4.69, 9.17) is 4.74 Å². The quantitative estimate of drug-likeness (QED) is 0.689. The van der Waals surface area contributed by atoms with Crippen LogP contribution in [0.15, 0.2) is 32.0 Å². The van der Waals surface area contributed by atoms with E-state index in [2.05, 4.69) is 31.9 Å². The minimum absolute atomic E-state index is 0.254. The summed E-state index contributed by atoms with van der Waals surface area (Å²) in [6, 6.07) is 4.98. The lowest BCUT2D eigenvalue weighted by atomic mass is 10.4. The zero-order chi connectivity index (χ0) is 13.8. The highest BCUT2D eigenvalue weighted by atomic mass is 79.9. The van der Waals surface area contributed by atoms with Crippen molar-refractivity contribution in [3.05, 3.63) is 27.1 Å². The minimum Gasteiger partial charge on any atom is -0.380 e. The van der Waals surface area contributed by atoms with E-state index in [9.17, 15) is 8.42 Å². The van der Waals surface area contributed by atoms with Crippen LogP contribution in [0.4, 0.5) is 0 Å². The number of rotatable bonds is 6. The Morgan fingerprint density at radius 3 is 2.56 bits per heavy atom. The summed E-state index contributed by atoms with van der Waals surface area (Å²) in [6.07, 6.45) is 0. The first kappa shape index (κ1) is 16.1. The predicted molar refractivity (Wildman–Crippen MR) is 78.2 cm³/mol. The van der Waals surface area contributed by atoms with Crippen molar-refractivity contribution in [2.75, 3.05) is 26.8 Å². The first-order chi connectivity index (χ1) is 8.39. The van der Waals surface area contributed by atoms with Crippen molar-refractivity contribution in [2.24, 2.45) is 0 Å². The number of halogens is 2. The zero-order valence-electron chi connectivity index (χ0n) is 10.2. The molecule has 1 aromatic carbocycles. The van der Waals surface area contributed by atoms with E-state index in [1.54, 1.807) is 25.2 Å². The lowest BCUT2D eigenvalue weighted by Gasteiger charge is -2.18. The molecule has 0 aliphatic rings. The molecule has 1 aromatic rings. The summed E-state index contributed by atoms with van der Waals surface area (Å²) >= 11 is 6.56. The number of hydrogen-bond donors (Lipinski definition) is 0. The molecular formula is C11H15Br2NO3S. The highest BCUT2D eigenvalue weighted by Crippen LogP contribution is 2.27. The SMILES string of the molecule is CCOCCN(C)S(=O)(=O)c1ccc(Br)cc1Br. The molecule has 0 fully saturated rings. The average Bonchev–Trinajstić information content (AvgIpc) is 2.28. The lowest BCUT2D eigenvalue weighted by Crippen LogP contribution is -2.30. The van der Waals surface area contributed by atoms with Crippen LogP contribution >= 0.6 is 31.9 Å². The normalized spacial score (nSPS) is 12.1. The Hall–Kier alpha value is 0.0500. The number of likely N-dealkylation sites (N-methyl/N-ethyl adjacent to an activating group) is 1. The van der Waals surface area contributed by atoms with Crippen LogP contribution in [0.1, 0.15) is 6.92 Å². The van der Waals surface area contributed by atoms with E-state index in [0.29, 0.717) is 24.2 Å². The fourth-order valence-corrected chi connectivity index (χ4v) is 4.17. The number of hydrogen-bond acceptors (Lipinski definition) is 3. The van der Waals surface area contributed by atoms with Crippen LogP contribution < -0.4 is 0 Å². The highest BCUT2D eigenvalue weighted by Gasteiger charge is 2.23. The Morgan fingerprint density at radius 2 is 2.00 bits per heavy atom. The molecule has 0 aliphatic heterocycles. The predicted octanol–water partition coefficient (Wildman–Crippen LogP) is 2.87. The number of ether oxygens (including phenoxy) is 1. The third-order valence-corrected chi connectivity index (χ3v) is 5.66. The molecule has 0 heterocycles. The van der Waals surface area contributed by atoms with Crippen LogP contribution in [-0.4, -0.2) is 39.5 Å². The summed E-state index contributed by atoms with van der Waals surface area (Å²) in [5.41, 5.74) is 0. The molecule has 102 valence electrons. The topological polar surface area (TPSA) is 46.6 Å². The second-order valence-corrected chi connectivity index (χ2v) is 7.38. The number of nitrogens with zero attached hydrogens (tertiary/aromatic N) is 1. The summed E-state index contributed by atoms with van der Waals surface area (Å²) in [6.45, 7) is 3.18. The van der Waals surface area contributed by atoms with E-state index in [-0.39, 0.29) is 4.90 Å². The molecule has 0 atom stereocenters. The van der Waals surface area contributed by atoms with Gasteiger partial charge in [-0.25, -0.2) is 8.42 Å². The van der Waals surface area contributed by atoms with Gasteiger partial charge in [-0.1, -0.05) is 15.9 Å². The van der Waals surface area contributed by atoms with Gasteiger partial charge in [-0.15, -0.1) is 0 Å². The molecule has 0 aromatic heterocycles. The van der Waals surface area contributed by atoms with Gasteiger partial charge >= 0.3 is 0 Å². The van der Waals surface area contributed by atoms with E-state index < -0.39 is 10.0 Å². The van der Waals surface area contributed by atoms with Gasteiger partial charge in [-0.2, -0.15) is 4.31 Å². The van der Waals surface area contributed by atoms with Gasteiger partial charge in [0.15, 0.2) is 0 Å². The van der Waals surface area contributed by atoms with E-state index >= 15 is 0 Å². The maximum absolute atomic E-state index is 12.3. The van der Waals surface area contributed by atoms with Crippen LogP contribution in [-0.2, 0) is 14.8 Å². The monoisotopic (exact) mass is 399 g/mol. The number of sulfonamides is 1.